The van der Waals surface area contributed by atoms with E-state index in [2.05, 4.69) is 10.6 Å². The van der Waals surface area contributed by atoms with E-state index in [1.165, 1.54) is 19.3 Å². The van der Waals surface area contributed by atoms with Crippen LogP contribution in [0.25, 0.3) is 0 Å². The summed E-state index contributed by atoms with van der Waals surface area (Å²) in [5.41, 5.74) is 0.824. The van der Waals surface area contributed by atoms with Crippen molar-refractivity contribution < 1.29 is 19.1 Å². The Morgan fingerprint density at radius 3 is 2.39 bits per heavy atom. The fraction of sp³-hybridized carbons (Fsp3) is 0.591. The minimum Gasteiger partial charge on any atom is -0.466 e. The van der Waals surface area contributed by atoms with E-state index < -0.39 is 12.1 Å². The maximum Gasteiger partial charge on any atom is 0.308 e. The zero-order chi connectivity index (χ0) is 20.4. The summed E-state index contributed by atoms with van der Waals surface area (Å²) in [7, 11) is 0. The lowest BCUT2D eigenvalue weighted by atomic mass is 9.87. The Balaban J connectivity index is 1.91. The molecule has 6 nitrogen and oxygen atoms in total. The highest BCUT2D eigenvalue weighted by Gasteiger charge is 2.24. The van der Waals surface area contributed by atoms with Gasteiger partial charge in [0.05, 0.1) is 19.1 Å². The molecule has 2 amide bonds. The number of benzene rings is 1. The van der Waals surface area contributed by atoms with Gasteiger partial charge in [-0.25, -0.2) is 0 Å². The number of nitrogens with one attached hydrogen (secondary N) is 2. The van der Waals surface area contributed by atoms with Crippen molar-refractivity contribution in [2.75, 3.05) is 6.61 Å². The van der Waals surface area contributed by atoms with Crippen LogP contribution in [0.4, 0.5) is 0 Å². The molecule has 1 saturated carbocycles. The Bertz CT molecular complexity index is 641. The SMILES string of the molecule is CCOC(=O)CC(NC(=O)C(C)NC(=O)CC1CCCCC1)c1ccccc1. The van der Waals surface area contributed by atoms with Crippen LogP contribution in [0.5, 0.6) is 0 Å². The second kappa shape index (κ2) is 11.5. The molecule has 0 spiro atoms. The second-order valence-corrected chi connectivity index (χ2v) is 7.48. The summed E-state index contributed by atoms with van der Waals surface area (Å²) < 4.78 is 5.03. The van der Waals surface area contributed by atoms with Gasteiger partial charge in [0, 0.05) is 6.42 Å². The van der Waals surface area contributed by atoms with Crippen molar-refractivity contribution in [1.29, 1.82) is 0 Å². The summed E-state index contributed by atoms with van der Waals surface area (Å²) in [5, 5.41) is 5.67. The summed E-state index contributed by atoms with van der Waals surface area (Å²) in [6.07, 6.45) is 6.31. The van der Waals surface area contributed by atoms with E-state index >= 15 is 0 Å². The third-order valence-electron chi connectivity index (χ3n) is 5.16. The lowest BCUT2D eigenvalue weighted by Crippen LogP contribution is -2.46. The highest BCUT2D eigenvalue weighted by molar-refractivity contribution is 5.88. The van der Waals surface area contributed by atoms with Gasteiger partial charge < -0.3 is 15.4 Å². The van der Waals surface area contributed by atoms with Gasteiger partial charge in [0.1, 0.15) is 6.04 Å². The average molecular weight is 389 g/mol. The lowest BCUT2D eigenvalue weighted by Gasteiger charge is -2.23. The topological polar surface area (TPSA) is 84.5 Å². The van der Waals surface area contributed by atoms with Crippen molar-refractivity contribution in [1.82, 2.24) is 10.6 Å². The predicted octanol–water partition coefficient (Wildman–Crippen LogP) is 3.27. The fourth-order valence-corrected chi connectivity index (χ4v) is 3.64. The molecule has 2 rings (SSSR count). The number of rotatable bonds is 9. The molecule has 1 aromatic rings. The quantitative estimate of drug-likeness (QED) is 0.636. The summed E-state index contributed by atoms with van der Waals surface area (Å²) in [5.74, 6) is -0.345. The van der Waals surface area contributed by atoms with E-state index in [9.17, 15) is 14.4 Å². The Labute approximate surface area is 167 Å². The molecule has 2 atom stereocenters. The van der Waals surface area contributed by atoms with E-state index in [4.69, 9.17) is 4.74 Å². The summed E-state index contributed by atoms with van der Waals surface area (Å²) >= 11 is 0. The summed E-state index contributed by atoms with van der Waals surface area (Å²) in [4.78, 5) is 36.8. The number of esters is 1. The Kier molecular flexibility index (Phi) is 8.98. The van der Waals surface area contributed by atoms with Gasteiger partial charge >= 0.3 is 5.97 Å². The van der Waals surface area contributed by atoms with Crippen molar-refractivity contribution in [2.24, 2.45) is 5.92 Å². The number of carbonyl (C=O) groups is 3. The molecule has 0 aliphatic heterocycles. The maximum absolute atomic E-state index is 12.6. The first-order chi connectivity index (χ1) is 13.5. The monoisotopic (exact) mass is 388 g/mol. The first kappa shape index (κ1) is 21.9. The van der Waals surface area contributed by atoms with Crippen LogP contribution in [0.2, 0.25) is 0 Å². The van der Waals surface area contributed by atoms with Gasteiger partial charge in [0.25, 0.3) is 0 Å². The number of amides is 2. The molecular formula is C22H32N2O4. The highest BCUT2D eigenvalue weighted by Crippen LogP contribution is 2.26. The van der Waals surface area contributed by atoms with Crippen LogP contribution in [0.3, 0.4) is 0 Å². The second-order valence-electron chi connectivity index (χ2n) is 7.48. The molecule has 0 radical (unpaired) electrons. The first-order valence-corrected chi connectivity index (χ1v) is 10.3. The molecule has 0 aromatic heterocycles. The largest absolute Gasteiger partial charge is 0.466 e. The molecule has 1 aliphatic carbocycles. The minimum absolute atomic E-state index is 0.0480. The highest BCUT2D eigenvalue weighted by atomic mass is 16.5. The molecule has 0 saturated heterocycles. The Hall–Kier alpha value is -2.37. The predicted molar refractivity (Wildman–Crippen MR) is 107 cm³/mol. The van der Waals surface area contributed by atoms with Crippen LogP contribution in [-0.4, -0.2) is 30.4 Å². The molecule has 0 bridgehead atoms. The number of carbonyl (C=O) groups excluding carboxylic acids is 3. The normalized spacial score (nSPS) is 16.6. The van der Waals surface area contributed by atoms with Gasteiger partial charge in [-0.1, -0.05) is 49.6 Å². The number of hydrogen-bond acceptors (Lipinski definition) is 4. The van der Waals surface area contributed by atoms with Gasteiger partial charge in [-0.3, -0.25) is 14.4 Å². The molecule has 28 heavy (non-hydrogen) atoms. The van der Waals surface area contributed by atoms with E-state index in [0.29, 0.717) is 18.9 Å². The van der Waals surface area contributed by atoms with Gasteiger partial charge in [-0.15, -0.1) is 0 Å². The molecule has 1 aliphatic rings. The first-order valence-electron chi connectivity index (χ1n) is 10.3. The molecular weight excluding hydrogens is 356 g/mol. The molecule has 154 valence electrons. The third-order valence-corrected chi connectivity index (χ3v) is 5.16. The third kappa shape index (κ3) is 7.33. The van der Waals surface area contributed by atoms with Crippen LogP contribution in [0.15, 0.2) is 30.3 Å². The van der Waals surface area contributed by atoms with Crippen molar-refractivity contribution in [3.05, 3.63) is 35.9 Å². The summed E-state index contributed by atoms with van der Waals surface area (Å²) in [6, 6.07) is 8.15. The van der Waals surface area contributed by atoms with E-state index in [-0.39, 0.29) is 24.2 Å². The van der Waals surface area contributed by atoms with Crippen LogP contribution >= 0.6 is 0 Å². The van der Waals surface area contributed by atoms with Gasteiger partial charge in [0.15, 0.2) is 0 Å². The molecule has 2 unspecified atom stereocenters. The zero-order valence-electron chi connectivity index (χ0n) is 16.9. The molecule has 1 aromatic carbocycles. The smallest absolute Gasteiger partial charge is 0.308 e. The van der Waals surface area contributed by atoms with Crippen molar-refractivity contribution in [3.63, 3.8) is 0 Å². The minimum atomic E-state index is -0.663. The van der Waals surface area contributed by atoms with Crippen LogP contribution in [0, 0.1) is 5.92 Å². The number of ether oxygens (including phenoxy) is 1. The molecule has 1 fully saturated rings. The van der Waals surface area contributed by atoms with E-state index in [0.717, 1.165) is 18.4 Å². The summed E-state index contributed by atoms with van der Waals surface area (Å²) in [6.45, 7) is 3.71. The standard InChI is InChI=1S/C22H32N2O4/c1-3-28-21(26)15-19(18-12-8-5-9-13-18)24-22(27)16(2)23-20(25)14-17-10-6-4-7-11-17/h5,8-9,12-13,16-17,19H,3-4,6-7,10-11,14-15H2,1-2H3,(H,23,25)(H,24,27). The maximum atomic E-state index is 12.6. The van der Waals surface area contributed by atoms with Crippen LogP contribution < -0.4 is 10.6 Å². The van der Waals surface area contributed by atoms with Gasteiger partial charge in [-0.2, -0.15) is 0 Å². The van der Waals surface area contributed by atoms with E-state index in [1.807, 2.05) is 30.3 Å². The van der Waals surface area contributed by atoms with Crippen LogP contribution in [-0.2, 0) is 19.1 Å². The van der Waals surface area contributed by atoms with Crippen molar-refractivity contribution in [3.8, 4) is 0 Å². The van der Waals surface area contributed by atoms with Gasteiger partial charge in [-0.05, 0) is 38.2 Å². The van der Waals surface area contributed by atoms with Crippen molar-refractivity contribution >= 4 is 17.8 Å². The molecule has 0 heterocycles. The molecule has 2 N–H and O–H groups in total. The van der Waals surface area contributed by atoms with Crippen molar-refractivity contribution in [2.45, 2.75) is 70.9 Å². The molecule has 6 heteroatoms. The van der Waals surface area contributed by atoms with Gasteiger partial charge in [0.2, 0.25) is 11.8 Å². The lowest BCUT2D eigenvalue weighted by molar-refractivity contribution is -0.144. The zero-order valence-corrected chi connectivity index (χ0v) is 16.9. The fourth-order valence-electron chi connectivity index (χ4n) is 3.64. The Morgan fingerprint density at radius 1 is 1.07 bits per heavy atom. The number of hydrogen-bond donors (Lipinski definition) is 2. The average Bonchev–Trinajstić information content (AvgIpc) is 2.69. The van der Waals surface area contributed by atoms with Crippen LogP contribution in [0.1, 0.15) is 70.4 Å². The Morgan fingerprint density at radius 2 is 1.75 bits per heavy atom. The van der Waals surface area contributed by atoms with E-state index in [1.54, 1.807) is 13.8 Å².